The van der Waals surface area contributed by atoms with Crippen molar-refractivity contribution >= 4 is 17.1 Å². The molecule has 0 saturated heterocycles. The van der Waals surface area contributed by atoms with Crippen LogP contribution in [0.2, 0.25) is 0 Å². The summed E-state index contributed by atoms with van der Waals surface area (Å²) in [5.74, 6) is 0. The molecule has 1 aliphatic heterocycles. The van der Waals surface area contributed by atoms with Gasteiger partial charge in [-0.1, -0.05) is 60.7 Å². The van der Waals surface area contributed by atoms with Crippen molar-refractivity contribution in [2.24, 2.45) is 0 Å². The average Bonchev–Trinajstić information content (AvgIpc) is 2.89. The Morgan fingerprint density at radius 3 is 2.09 bits per heavy atom. The van der Waals surface area contributed by atoms with E-state index in [1.165, 1.54) is 28.2 Å². The molecule has 0 radical (unpaired) electrons. The van der Waals surface area contributed by atoms with Crippen LogP contribution in [0.3, 0.4) is 0 Å². The summed E-state index contributed by atoms with van der Waals surface area (Å²) in [4.78, 5) is 2.41. The second-order valence-corrected chi connectivity index (χ2v) is 6.20. The highest BCUT2D eigenvalue weighted by atomic mass is 15.4. The zero-order chi connectivity index (χ0) is 15.9. The van der Waals surface area contributed by atoms with Crippen molar-refractivity contribution in [3.05, 3.63) is 90.0 Å². The molecular weight excluding hydrogens is 280 g/mol. The largest absolute Gasteiger partial charge is 0.357 e. The van der Waals surface area contributed by atoms with Crippen molar-refractivity contribution in [1.82, 2.24) is 0 Å². The molecule has 4 rings (SSSR count). The van der Waals surface area contributed by atoms with Gasteiger partial charge in [0.15, 0.2) is 0 Å². The summed E-state index contributed by atoms with van der Waals surface area (Å²) in [6.45, 7) is 4.41. The van der Waals surface area contributed by atoms with Crippen LogP contribution >= 0.6 is 0 Å². The molecule has 1 atom stereocenters. The van der Waals surface area contributed by atoms with Crippen LogP contribution in [-0.2, 0) is 5.66 Å². The van der Waals surface area contributed by atoms with Gasteiger partial charge in [0.05, 0.1) is 11.4 Å². The lowest BCUT2D eigenvalue weighted by molar-refractivity contribution is 0.576. The highest BCUT2D eigenvalue weighted by Crippen LogP contribution is 2.49. The maximum Gasteiger partial charge on any atom is 0.138 e. The number of para-hydroxylation sites is 3. The van der Waals surface area contributed by atoms with Gasteiger partial charge >= 0.3 is 0 Å². The van der Waals surface area contributed by atoms with Crippen LogP contribution in [0.15, 0.2) is 78.9 Å². The van der Waals surface area contributed by atoms with Crippen molar-refractivity contribution in [3.8, 4) is 0 Å². The van der Waals surface area contributed by atoms with Crippen molar-refractivity contribution in [2.45, 2.75) is 19.5 Å². The van der Waals surface area contributed by atoms with Crippen molar-refractivity contribution in [1.29, 1.82) is 0 Å². The third kappa shape index (κ3) is 2.10. The molecule has 0 aliphatic carbocycles. The summed E-state index contributed by atoms with van der Waals surface area (Å²) in [7, 11) is 0. The van der Waals surface area contributed by atoms with Gasteiger partial charge in [-0.3, -0.25) is 0 Å². The summed E-state index contributed by atoms with van der Waals surface area (Å²) in [5, 5.41) is 3.73. The van der Waals surface area contributed by atoms with E-state index < -0.39 is 0 Å². The monoisotopic (exact) mass is 300 g/mol. The molecule has 3 aromatic carbocycles. The molecule has 2 nitrogen and oxygen atoms in total. The molecule has 1 aliphatic rings. The summed E-state index contributed by atoms with van der Waals surface area (Å²) < 4.78 is 0. The second-order valence-electron chi connectivity index (χ2n) is 6.20. The van der Waals surface area contributed by atoms with E-state index in [2.05, 4.69) is 103 Å². The Labute approximate surface area is 137 Å². The predicted octanol–water partition coefficient (Wildman–Crippen LogP) is 5.43. The van der Waals surface area contributed by atoms with Crippen LogP contribution < -0.4 is 10.2 Å². The van der Waals surface area contributed by atoms with Crippen LogP contribution in [0.1, 0.15) is 18.1 Å². The minimum absolute atomic E-state index is 0.308. The summed E-state index contributed by atoms with van der Waals surface area (Å²) >= 11 is 0. The fourth-order valence-electron chi connectivity index (χ4n) is 3.48. The van der Waals surface area contributed by atoms with E-state index in [4.69, 9.17) is 0 Å². The Bertz CT molecular complexity index is 841. The number of rotatable bonds is 2. The zero-order valence-corrected chi connectivity index (χ0v) is 13.5. The zero-order valence-electron chi connectivity index (χ0n) is 13.5. The first-order valence-electron chi connectivity index (χ1n) is 7.99. The van der Waals surface area contributed by atoms with Gasteiger partial charge in [-0.25, -0.2) is 0 Å². The van der Waals surface area contributed by atoms with Gasteiger partial charge in [0.1, 0.15) is 5.66 Å². The van der Waals surface area contributed by atoms with Crippen molar-refractivity contribution in [2.75, 3.05) is 10.2 Å². The molecule has 0 spiro atoms. The number of fused-ring (bicyclic) bond motifs is 1. The van der Waals surface area contributed by atoms with E-state index in [9.17, 15) is 0 Å². The molecular formula is C21H20N2. The van der Waals surface area contributed by atoms with Crippen molar-refractivity contribution in [3.63, 3.8) is 0 Å². The lowest BCUT2D eigenvalue weighted by atomic mass is 9.99. The van der Waals surface area contributed by atoms with E-state index in [-0.39, 0.29) is 5.66 Å². The Balaban J connectivity index is 1.95. The Morgan fingerprint density at radius 1 is 0.739 bits per heavy atom. The molecule has 2 heteroatoms. The number of anilines is 3. The molecule has 0 aromatic heterocycles. The SMILES string of the molecule is Cc1ccccc1N1c2ccccc2NC1(C)c1ccccc1. The van der Waals surface area contributed by atoms with Gasteiger partial charge in [0.25, 0.3) is 0 Å². The fraction of sp³-hybridized carbons (Fsp3) is 0.143. The van der Waals surface area contributed by atoms with Gasteiger partial charge in [-0.15, -0.1) is 0 Å². The molecule has 1 N–H and O–H groups in total. The van der Waals surface area contributed by atoms with Gasteiger partial charge in [-0.2, -0.15) is 0 Å². The van der Waals surface area contributed by atoms with E-state index in [0.717, 1.165) is 0 Å². The first-order chi connectivity index (χ1) is 11.2. The van der Waals surface area contributed by atoms with Gasteiger partial charge < -0.3 is 10.2 Å². The maximum absolute atomic E-state index is 3.73. The smallest absolute Gasteiger partial charge is 0.138 e. The quantitative estimate of drug-likeness (QED) is 0.678. The van der Waals surface area contributed by atoms with Crippen LogP contribution in [-0.4, -0.2) is 0 Å². The third-order valence-electron chi connectivity index (χ3n) is 4.66. The number of hydrogen-bond acceptors (Lipinski definition) is 2. The molecule has 0 bridgehead atoms. The van der Waals surface area contributed by atoms with E-state index in [1.807, 2.05) is 0 Å². The topological polar surface area (TPSA) is 15.3 Å². The lowest BCUT2D eigenvalue weighted by Crippen LogP contribution is -2.42. The molecule has 0 amide bonds. The van der Waals surface area contributed by atoms with Gasteiger partial charge in [0.2, 0.25) is 0 Å². The molecule has 114 valence electrons. The number of aryl methyl sites for hydroxylation is 1. The third-order valence-corrected chi connectivity index (χ3v) is 4.66. The Hall–Kier alpha value is -2.74. The average molecular weight is 300 g/mol. The van der Waals surface area contributed by atoms with E-state index in [1.54, 1.807) is 0 Å². The number of nitrogens with one attached hydrogen (secondary N) is 1. The van der Waals surface area contributed by atoms with Gasteiger partial charge in [0, 0.05) is 5.69 Å². The molecule has 23 heavy (non-hydrogen) atoms. The fourth-order valence-corrected chi connectivity index (χ4v) is 3.48. The van der Waals surface area contributed by atoms with Crippen LogP contribution in [0.25, 0.3) is 0 Å². The minimum atomic E-state index is -0.308. The summed E-state index contributed by atoms with van der Waals surface area (Å²) in [6, 6.07) is 27.7. The first-order valence-corrected chi connectivity index (χ1v) is 7.99. The van der Waals surface area contributed by atoms with E-state index >= 15 is 0 Å². The van der Waals surface area contributed by atoms with E-state index in [0.29, 0.717) is 0 Å². The highest BCUT2D eigenvalue weighted by Gasteiger charge is 2.42. The molecule has 1 unspecified atom stereocenters. The summed E-state index contributed by atoms with van der Waals surface area (Å²) in [5.41, 5.74) is 5.83. The first kappa shape index (κ1) is 13.9. The predicted molar refractivity (Wildman–Crippen MR) is 97.2 cm³/mol. The number of benzene rings is 3. The lowest BCUT2D eigenvalue weighted by Gasteiger charge is -2.38. The van der Waals surface area contributed by atoms with Crippen LogP contribution in [0.4, 0.5) is 17.1 Å². The second kappa shape index (κ2) is 5.17. The highest BCUT2D eigenvalue weighted by molar-refractivity contribution is 5.85. The van der Waals surface area contributed by atoms with Crippen molar-refractivity contribution < 1.29 is 0 Å². The number of nitrogens with zero attached hydrogens (tertiary/aromatic N) is 1. The molecule has 0 fully saturated rings. The van der Waals surface area contributed by atoms with Crippen LogP contribution in [0, 0.1) is 6.92 Å². The number of hydrogen-bond donors (Lipinski definition) is 1. The molecule has 3 aromatic rings. The Kier molecular flexibility index (Phi) is 3.12. The maximum atomic E-state index is 3.73. The molecule has 1 heterocycles. The normalized spacial score (nSPS) is 19.3. The van der Waals surface area contributed by atoms with Gasteiger partial charge in [-0.05, 0) is 43.2 Å². The Morgan fingerprint density at radius 2 is 1.35 bits per heavy atom. The summed E-state index contributed by atoms with van der Waals surface area (Å²) in [6.07, 6.45) is 0. The van der Waals surface area contributed by atoms with Crippen LogP contribution in [0.5, 0.6) is 0 Å². The molecule has 0 saturated carbocycles. The minimum Gasteiger partial charge on any atom is -0.357 e. The standard InChI is InChI=1S/C21H20N2/c1-16-10-6-8-14-19(16)23-20-15-9-7-13-18(20)22-21(23,2)17-11-4-3-5-12-17/h3-15,22H,1-2H3.